The zero-order chi connectivity index (χ0) is 14.0. The van der Waals surface area contributed by atoms with Gasteiger partial charge in [-0.15, -0.1) is 0 Å². The molecule has 2 rings (SSSR count). The Morgan fingerprint density at radius 3 is 2.63 bits per heavy atom. The van der Waals surface area contributed by atoms with Crippen LogP contribution >= 0.6 is 0 Å². The summed E-state index contributed by atoms with van der Waals surface area (Å²) in [6, 6.07) is 9.24. The molecule has 19 heavy (non-hydrogen) atoms. The molecule has 0 saturated carbocycles. The fraction of sp³-hybridized carbons (Fsp3) is 0.625. The molecule has 106 valence electrons. The Morgan fingerprint density at radius 2 is 2.00 bits per heavy atom. The first kappa shape index (κ1) is 14.4. The lowest BCUT2D eigenvalue weighted by Gasteiger charge is -2.53. The molecular formula is C16H27N3. The predicted molar refractivity (Wildman–Crippen MR) is 82.9 cm³/mol. The van der Waals surface area contributed by atoms with Gasteiger partial charge in [0.15, 0.2) is 0 Å². The Hall–Kier alpha value is -1.06. The van der Waals surface area contributed by atoms with E-state index in [9.17, 15) is 0 Å². The monoisotopic (exact) mass is 261 g/mol. The van der Waals surface area contributed by atoms with Gasteiger partial charge in [-0.2, -0.15) is 0 Å². The number of aryl methyl sites for hydroxylation is 1. The Bertz CT molecular complexity index is 428. The topological polar surface area (TPSA) is 18.5 Å². The number of hydrogen-bond donors (Lipinski definition) is 1. The minimum Gasteiger partial charge on any atom is -0.359 e. The van der Waals surface area contributed by atoms with E-state index in [0.717, 1.165) is 19.6 Å². The van der Waals surface area contributed by atoms with Crippen molar-refractivity contribution in [2.75, 3.05) is 38.6 Å². The van der Waals surface area contributed by atoms with Crippen LogP contribution in [0.2, 0.25) is 0 Å². The van der Waals surface area contributed by atoms with Crippen LogP contribution in [0, 0.1) is 6.92 Å². The Morgan fingerprint density at radius 1 is 1.32 bits per heavy atom. The van der Waals surface area contributed by atoms with E-state index in [0.29, 0.717) is 6.04 Å². The largest absolute Gasteiger partial charge is 0.359 e. The molecule has 1 unspecified atom stereocenters. The van der Waals surface area contributed by atoms with Crippen LogP contribution in [0.25, 0.3) is 0 Å². The summed E-state index contributed by atoms with van der Waals surface area (Å²) in [5, 5.41) is 3.35. The summed E-state index contributed by atoms with van der Waals surface area (Å²) in [6.07, 6.45) is 0. The Balaban J connectivity index is 2.39. The average molecular weight is 261 g/mol. The van der Waals surface area contributed by atoms with Gasteiger partial charge in [-0.25, -0.2) is 0 Å². The van der Waals surface area contributed by atoms with Crippen LogP contribution in [-0.4, -0.2) is 50.2 Å². The highest BCUT2D eigenvalue weighted by molar-refractivity contribution is 5.56. The van der Waals surface area contributed by atoms with E-state index in [1.165, 1.54) is 11.3 Å². The molecule has 0 spiro atoms. The van der Waals surface area contributed by atoms with E-state index in [1.54, 1.807) is 0 Å². The van der Waals surface area contributed by atoms with E-state index < -0.39 is 0 Å². The molecule has 1 aromatic carbocycles. The van der Waals surface area contributed by atoms with E-state index >= 15 is 0 Å². The molecule has 0 radical (unpaired) electrons. The maximum atomic E-state index is 3.35. The lowest BCUT2D eigenvalue weighted by molar-refractivity contribution is 0.179. The van der Waals surface area contributed by atoms with Gasteiger partial charge < -0.3 is 15.1 Å². The lowest BCUT2D eigenvalue weighted by atomic mass is 9.93. The number of piperazine rings is 1. The molecule has 3 heteroatoms. The van der Waals surface area contributed by atoms with Crippen LogP contribution in [0.5, 0.6) is 0 Å². The summed E-state index contributed by atoms with van der Waals surface area (Å²) in [5.41, 5.74) is 2.89. The van der Waals surface area contributed by atoms with E-state index in [4.69, 9.17) is 0 Å². The summed E-state index contributed by atoms with van der Waals surface area (Å²) >= 11 is 0. The van der Waals surface area contributed by atoms with Gasteiger partial charge in [0.1, 0.15) is 0 Å². The first-order valence-electron chi connectivity index (χ1n) is 7.14. The van der Waals surface area contributed by atoms with Gasteiger partial charge in [0.05, 0.1) is 6.04 Å². The van der Waals surface area contributed by atoms with Gasteiger partial charge in [0, 0.05) is 30.9 Å². The molecule has 1 aliphatic rings. The van der Waals surface area contributed by atoms with Gasteiger partial charge in [0.25, 0.3) is 0 Å². The Kier molecular flexibility index (Phi) is 4.16. The van der Waals surface area contributed by atoms with Crippen LogP contribution in [0.4, 0.5) is 5.69 Å². The molecule has 0 aromatic heterocycles. The summed E-state index contributed by atoms with van der Waals surface area (Å²) in [6.45, 7) is 10.1. The minimum absolute atomic E-state index is 0.153. The molecule has 1 aliphatic heterocycles. The lowest BCUT2D eigenvalue weighted by Crippen LogP contribution is -2.65. The third kappa shape index (κ3) is 2.93. The third-order valence-corrected chi connectivity index (χ3v) is 4.01. The van der Waals surface area contributed by atoms with Crippen molar-refractivity contribution in [3.63, 3.8) is 0 Å². The second-order valence-electron chi connectivity index (χ2n) is 6.38. The highest BCUT2D eigenvalue weighted by atomic mass is 15.3. The zero-order valence-electron chi connectivity index (χ0n) is 12.9. The first-order chi connectivity index (χ1) is 8.95. The molecule has 3 nitrogen and oxygen atoms in total. The number of hydrogen-bond acceptors (Lipinski definition) is 3. The van der Waals surface area contributed by atoms with Gasteiger partial charge in [-0.1, -0.05) is 18.2 Å². The minimum atomic E-state index is 0.153. The van der Waals surface area contributed by atoms with Crippen molar-refractivity contribution in [1.29, 1.82) is 0 Å². The van der Waals surface area contributed by atoms with Crippen molar-refractivity contribution in [1.82, 2.24) is 10.2 Å². The standard InChI is InChI=1S/C16H27N3/c1-13-8-6-7-9-15(13)19-14(10-17-4)11-18(5)12-16(19,2)3/h6-9,14,17H,10-12H2,1-5H3. The van der Waals surface area contributed by atoms with Crippen LogP contribution in [0.3, 0.4) is 0 Å². The average Bonchev–Trinajstić information content (AvgIpc) is 2.29. The molecule has 1 fully saturated rings. The number of nitrogens with one attached hydrogen (secondary N) is 1. The van der Waals surface area contributed by atoms with Gasteiger partial charge in [0.2, 0.25) is 0 Å². The van der Waals surface area contributed by atoms with E-state index in [2.05, 4.69) is 67.2 Å². The highest BCUT2D eigenvalue weighted by Crippen LogP contribution is 2.32. The second-order valence-corrected chi connectivity index (χ2v) is 6.38. The first-order valence-corrected chi connectivity index (χ1v) is 7.14. The normalized spacial score (nSPS) is 23.6. The number of rotatable bonds is 3. The maximum absolute atomic E-state index is 3.35. The molecular weight excluding hydrogens is 234 g/mol. The molecule has 1 aromatic rings. The van der Waals surface area contributed by atoms with Crippen LogP contribution < -0.4 is 10.2 Å². The van der Waals surface area contributed by atoms with Gasteiger partial charge >= 0.3 is 0 Å². The molecule has 1 N–H and O–H groups in total. The predicted octanol–water partition coefficient (Wildman–Crippen LogP) is 2.11. The summed E-state index contributed by atoms with van der Waals surface area (Å²) < 4.78 is 0. The van der Waals surface area contributed by atoms with E-state index in [1.807, 2.05) is 7.05 Å². The van der Waals surface area contributed by atoms with Gasteiger partial charge in [-0.05, 0) is 46.5 Å². The molecule has 1 atom stereocenters. The van der Waals surface area contributed by atoms with Crippen molar-refractivity contribution in [2.45, 2.75) is 32.4 Å². The van der Waals surface area contributed by atoms with Crippen molar-refractivity contribution in [3.8, 4) is 0 Å². The number of nitrogens with zero attached hydrogens (tertiary/aromatic N) is 2. The summed E-state index contributed by atoms with van der Waals surface area (Å²) in [5.74, 6) is 0. The third-order valence-electron chi connectivity index (χ3n) is 4.01. The quantitative estimate of drug-likeness (QED) is 0.899. The molecule has 1 saturated heterocycles. The van der Waals surface area contributed by atoms with Crippen molar-refractivity contribution in [3.05, 3.63) is 29.8 Å². The van der Waals surface area contributed by atoms with Crippen LogP contribution in [-0.2, 0) is 0 Å². The molecule has 1 heterocycles. The maximum Gasteiger partial charge on any atom is 0.0547 e. The fourth-order valence-corrected chi connectivity index (χ4v) is 3.48. The molecule has 0 bridgehead atoms. The van der Waals surface area contributed by atoms with Crippen molar-refractivity contribution in [2.24, 2.45) is 0 Å². The number of benzene rings is 1. The summed E-state index contributed by atoms with van der Waals surface area (Å²) in [7, 11) is 4.26. The van der Waals surface area contributed by atoms with Crippen molar-refractivity contribution >= 4 is 5.69 Å². The van der Waals surface area contributed by atoms with Crippen LogP contribution in [0.15, 0.2) is 24.3 Å². The zero-order valence-corrected chi connectivity index (χ0v) is 12.9. The fourth-order valence-electron chi connectivity index (χ4n) is 3.48. The smallest absolute Gasteiger partial charge is 0.0547 e. The summed E-state index contributed by atoms with van der Waals surface area (Å²) in [4.78, 5) is 5.05. The van der Waals surface area contributed by atoms with Crippen LogP contribution in [0.1, 0.15) is 19.4 Å². The van der Waals surface area contributed by atoms with E-state index in [-0.39, 0.29) is 5.54 Å². The number of anilines is 1. The van der Waals surface area contributed by atoms with Crippen molar-refractivity contribution < 1.29 is 0 Å². The van der Waals surface area contributed by atoms with Gasteiger partial charge in [-0.3, -0.25) is 0 Å². The molecule has 0 amide bonds. The number of para-hydroxylation sites is 1. The highest BCUT2D eigenvalue weighted by Gasteiger charge is 2.38. The SMILES string of the molecule is CNCC1CN(C)CC(C)(C)N1c1ccccc1C. The number of likely N-dealkylation sites (N-methyl/N-ethyl adjacent to an activating group) is 2. The molecule has 0 aliphatic carbocycles. The Labute approximate surface area is 117 Å². The second kappa shape index (κ2) is 5.51.